The van der Waals surface area contributed by atoms with E-state index in [0.717, 1.165) is 0 Å². The van der Waals surface area contributed by atoms with Crippen molar-refractivity contribution in [2.24, 2.45) is 0 Å². The number of hydrogen-bond acceptors (Lipinski definition) is 24. The SMILES string of the molecule is Nc1nc2c(ncn2[C@H]2C[C@H](O)[C@@H](COP(=O)(O)OP(=O)(O)OP(=O)(O)O)O2)c(=O)[nH]1.Nc1nc2c(ncn2[C@H]2C[C@H](O)[C@@H](COP(=O)(O)OP(=O)(O)OP(=O)(O)O)O2)c(=O)[nH]1. The molecule has 2 fully saturated rings. The number of phosphoric ester groups is 2. The number of rotatable bonds is 16. The van der Waals surface area contributed by atoms with E-state index in [1.807, 2.05) is 0 Å². The van der Waals surface area contributed by atoms with Crippen LogP contribution in [0, 0.1) is 0 Å². The molecule has 4 unspecified atom stereocenters. The molecule has 6 heterocycles. The molecule has 4 aromatic rings. The van der Waals surface area contributed by atoms with Gasteiger partial charge >= 0.3 is 46.9 Å². The van der Waals surface area contributed by atoms with E-state index in [1.165, 1.54) is 21.8 Å². The number of imidazole rings is 2. The van der Waals surface area contributed by atoms with Gasteiger partial charge in [0.2, 0.25) is 11.9 Å². The first kappa shape index (κ1) is 50.0. The first-order chi connectivity index (χ1) is 28.3. The molecule has 0 aliphatic carbocycles. The molecule has 10 atom stereocenters. The van der Waals surface area contributed by atoms with Crippen LogP contribution in [-0.2, 0) is 63.2 Å². The highest BCUT2D eigenvalue weighted by Gasteiger charge is 2.45. The predicted molar refractivity (Wildman–Crippen MR) is 194 cm³/mol. The van der Waals surface area contributed by atoms with Gasteiger partial charge in [0, 0.05) is 12.8 Å². The highest BCUT2D eigenvalue weighted by atomic mass is 31.3. The first-order valence-electron chi connectivity index (χ1n) is 16.0. The summed E-state index contributed by atoms with van der Waals surface area (Å²) in [4.78, 5) is 115. The van der Waals surface area contributed by atoms with Gasteiger partial charge in [-0.2, -0.15) is 27.2 Å². The number of hydrogen-bond donors (Lipinski definition) is 14. The van der Waals surface area contributed by atoms with Gasteiger partial charge in [-0.25, -0.2) is 37.4 Å². The van der Waals surface area contributed by atoms with Crippen LogP contribution in [0.15, 0.2) is 22.2 Å². The third-order valence-electron chi connectivity index (χ3n) is 7.57. The molecular formula is C20H32N10O26P6. The molecule has 42 heteroatoms. The van der Waals surface area contributed by atoms with E-state index < -0.39 is 108 Å². The maximum Gasteiger partial charge on any atom is 0.490 e. The van der Waals surface area contributed by atoms with E-state index in [4.69, 9.17) is 50.3 Å². The minimum atomic E-state index is -5.67. The van der Waals surface area contributed by atoms with Crippen LogP contribution in [0.1, 0.15) is 25.3 Å². The van der Waals surface area contributed by atoms with Crippen molar-refractivity contribution >= 4 is 81.2 Å². The number of aliphatic hydroxyl groups excluding tert-OH is 2. The molecule has 4 aromatic heterocycles. The van der Waals surface area contributed by atoms with Crippen molar-refractivity contribution < 1.29 is 113 Å². The number of aromatic amines is 2. The Labute approximate surface area is 340 Å². The Hall–Kier alpha value is -3.04. The van der Waals surface area contributed by atoms with E-state index in [1.54, 1.807) is 0 Å². The normalized spacial score (nSPS) is 26.0. The topological polar surface area (TPSA) is 558 Å². The Morgan fingerprint density at radius 3 is 1.27 bits per heavy atom. The van der Waals surface area contributed by atoms with Gasteiger partial charge in [-0.1, -0.05) is 0 Å². The lowest BCUT2D eigenvalue weighted by molar-refractivity contribution is -0.0423. The zero-order chi connectivity index (χ0) is 46.4. The summed E-state index contributed by atoms with van der Waals surface area (Å²) in [6.07, 6.45) is -4.72. The van der Waals surface area contributed by atoms with Crippen molar-refractivity contribution in [1.82, 2.24) is 39.0 Å². The van der Waals surface area contributed by atoms with Crippen LogP contribution in [0.2, 0.25) is 0 Å². The van der Waals surface area contributed by atoms with Crippen LogP contribution in [0.4, 0.5) is 11.9 Å². The summed E-state index contributed by atoms with van der Waals surface area (Å²) in [5.41, 5.74) is 9.77. The second-order valence-corrected chi connectivity index (χ2v) is 21.0. The average Bonchev–Trinajstić information content (AvgIpc) is 3.85. The van der Waals surface area contributed by atoms with Gasteiger partial charge < -0.3 is 70.3 Å². The second-order valence-electron chi connectivity index (χ2n) is 12.2. The number of nitrogen functional groups attached to an aromatic ring is 2. The maximum absolute atomic E-state index is 11.8. The number of fused-ring (bicyclic) bond motifs is 2. The van der Waals surface area contributed by atoms with Crippen molar-refractivity contribution in [3.05, 3.63) is 33.4 Å². The lowest BCUT2D eigenvalue weighted by Crippen LogP contribution is -2.26. The van der Waals surface area contributed by atoms with E-state index >= 15 is 0 Å². The number of H-pyrrole nitrogens is 2. The molecule has 0 spiro atoms. The summed E-state index contributed by atoms with van der Waals surface area (Å²) in [5.74, 6) is -0.385. The molecule has 0 amide bonds. The van der Waals surface area contributed by atoms with E-state index in [-0.39, 0.29) is 47.1 Å². The van der Waals surface area contributed by atoms with Crippen molar-refractivity contribution in [1.29, 1.82) is 0 Å². The maximum atomic E-state index is 11.8. The Morgan fingerprint density at radius 2 is 0.952 bits per heavy atom. The van der Waals surface area contributed by atoms with Crippen molar-refractivity contribution in [3.63, 3.8) is 0 Å². The third-order valence-corrected chi connectivity index (χ3v) is 15.2. The molecule has 62 heavy (non-hydrogen) atoms. The molecule has 6 rings (SSSR count). The molecule has 0 bridgehead atoms. The van der Waals surface area contributed by atoms with Crippen molar-refractivity contribution in [3.8, 4) is 0 Å². The van der Waals surface area contributed by atoms with Gasteiger partial charge in [0.1, 0.15) is 24.7 Å². The second kappa shape index (κ2) is 18.4. The number of anilines is 2. The van der Waals surface area contributed by atoms with Crippen LogP contribution in [0.5, 0.6) is 0 Å². The Morgan fingerprint density at radius 1 is 0.613 bits per heavy atom. The smallest absolute Gasteiger partial charge is 0.390 e. The number of nitrogens with one attached hydrogen (secondary N) is 2. The lowest BCUT2D eigenvalue weighted by Gasteiger charge is -2.19. The third kappa shape index (κ3) is 13.5. The van der Waals surface area contributed by atoms with E-state index in [0.29, 0.717) is 0 Å². The monoisotopic (exact) mass is 1010 g/mol. The standard InChI is InChI=1S/2C10H16N5O13P3/c2*11-10-13-8-7(9(17)14-10)12-3-15(8)6-1-4(16)5(26-6)2-25-30(21,22)28-31(23,24)27-29(18,19)20/h2*3-6,16H,1-2H2,(H,21,22)(H,23,24)(H2,18,19,20)(H3,11,13,14,17)/t2*4-,5+,6+/m00/s1. The number of phosphoric acid groups is 6. The van der Waals surface area contributed by atoms with Crippen LogP contribution >= 0.6 is 46.9 Å². The van der Waals surface area contributed by atoms with Crippen molar-refractivity contribution in [2.75, 3.05) is 24.7 Å². The van der Waals surface area contributed by atoms with Crippen LogP contribution < -0.4 is 22.6 Å². The largest absolute Gasteiger partial charge is 0.490 e. The summed E-state index contributed by atoms with van der Waals surface area (Å²) >= 11 is 0. The summed E-state index contributed by atoms with van der Waals surface area (Å²) in [6.45, 7) is -1.69. The lowest BCUT2D eigenvalue weighted by atomic mass is 10.2. The molecule has 0 radical (unpaired) electrons. The molecule has 2 aliphatic rings. The Bertz CT molecular complexity index is 2530. The number of nitrogens with two attached hydrogens (primary N) is 2. The summed E-state index contributed by atoms with van der Waals surface area (Å²) in [5, 5.41) is 20.3. The Kier molecular flexibility index (Phi) is 14.9. The fraction of sp³-hybridized carbons (Fsp3) is 0.500. The number of nitrogens with zero attached hydrogens (tertiary/aromatic N) is 6. The first-order valence-corrected chi connectivity index (χ1v) is 25.0. The van der Waals surface area contributed by atoms with Crippen LogP contribution in [0.3, 0.4) is 0 Å². The molecule has 348 valence electrons. The number of aromatic nitrogens is 8. The molecule has 0 aromatic carbocycles. The van der Waals surface area contributed by atoms with Gasteiger partial charge in [0.15, 0.2) is 22.3 Å². The minimum absolute atomic E-state index is 0.0481. The molecular weight excluding hydrogens is 982 g/mol. The molecule has 16 N–H and O–H groups in total. The van der Waals surface area contributed by atoms with Gasteiger partial charge in [0.05, 0.1) is 38.1 Å². The summed E-state index contributed by atoms with van der Waals surface area (Å²) < 4.78 is 104. The van der Waals surface area contributed by atoms with Gasteiger partial charge in [-0.3, -0.25) is 37.7 Å². The fourth-order valence-electron chi connectivity index (χ4n) is 5.32. The molecule has 2 aliphatic heterocycles. The van der Waals surface area contributed by atoms with Gasteiger partial charge in [-0.15, -0.1) is 0 Å². The number of aliphatic hydroxyl groups is 2. The highest BCUT2D eigenvalue weighted by Crippen LogP contribution is 2.67. The number of ether oxygens (including phenoxy) is 2. The minimum Gasteiger partial charge on any atom is -0.390 e. The molecule has 36 nitrogen and oxygen atoms in total. The van der Waals surface area contributed by atoms with Gasteiger partial charge in [0.25, 0.3) is 11.1 Å². The molecule has 2 saturated heterocycles. The van der Waals surface area contributed by atoms with E-state index in [2.05, 4.69) is 56.2 Å². The molecule has 0 saturated carbocycles. The quantitative estimate of drug-likeness (QED) is 0.0511. The summed E-state index contributed by atoms with van der Waals surface area (Å²) in [7, 11) is -33.1. The Balaban J connectivity index is 0.000000234. The van der Waals surface area contributed by atoms with Crippen LogP contribution in [0.25, 0.3) is 22.3 Å². The predicted octanol–water partition coefficient (Wildman–Crippen LogP) is -2.61. The zero-order valence-corrected chi connectivity index (χ0v) is 35.3. The average molecular weight is 1010 g/mol. The van der Waals surface area contributed by atoms with Crippen LogP contribution in [-0.4, -0.2) is 126 Å². The van der Waals surface area contributed by atoms with Crippen molar-refractivity contribution in [2.45, 2.75) is 49.7 Å². The highest BCUT2D eigenvalue weighted by molar-refractivity contribution is 7.67. The fourth-order valence-corrected chi connectivity index (χ4v) is 11.4. The summed E-state index contributed by atoms with van der Waals surface area (Å²) in [6, 6.07) is 0. The van der Waals surface area contributed by atoms with E-state index in [9.17, 15) is 57.0 Å². The van der Waals surface area contributed by atoms with Gasteiger partial charge in [-0.05, 0) is 0 Å². The zero-order valence-electron chi connectivity index (χ0n) is 30.0.